The number of rotatable bonds is 11. The van der Waals surface area contributed by atoms with E-state index in [1.54, 1.807) is 0 Å². The Morgan fingerprint density at radius 3 is 1.27 bits per heavy atom. The van der Waals surface area contributed by atoms with E-state index in [2.05, 4.69) is 0 Å². The predicted octanol–water partition coefficient (Wildman–Crippen LogP) is -1.40. The molecule has 2 aliphatic heterocycles. The Bertz CT molecular complexity index is 1090. The van der Waals surface area contributed by atoms with Crippen LogP contribution < -0.4 is 0 Å². The highest BCUT2D eigenvalue weighted by Gasteiger charge is 2.55. The van der Waals surface area contributed by atoms with Crippen molar-refractivity contribution in [1.82, 2.24) is 0 Å². The molecular formula is C26H36O18. The van der Waals surface area contributed by atoms with Gasteiger partial charge in [-0.3, -0.25) is 33.6 Å². The largest absolute Gasteiger partial charge is 0.463 e. The highest BCUT2D eigenvalue weighted by atomic mass is 16.7. The minimum Gasteiger partial charge on any atom is -0.463 e. The van der Waals surface area contributed by atoms with Crippen LogP contribution in [0.25, 0.3) is 0 Å². The van der Waals surface area contributed by atoms with E-state index in [1.165, 1.54) is 0 Å². The SMILES string of the molecule is CC(=O)OC[C@H]1O[C@H](OC[C@H]2O[C@@H](O)[C@H](OC(C)=O)[C@@H](OC(C)=O)[C@@H]2OC(C)=O)[C@@H](OC(C)=O)[C@@H](OC(C)=O)[C@@H]1OC(C)=O. The molecule has 18 nitrogen and oxygen atoms in total. The van der Waals surface area contributed by atoms with Gasteiger partial charge in [0.25, 0.3) is 0 Å². The fourth-order valence-corrected chi connectivity index (χ4v) is 4.52. The molecule has 0 aromatic heterocycles. The lowest BCUT2D eigenvalue weighted by Crippen LogP contribution is -2.64. The zero-order chi connectivity index (χ0) is 33.3. The van der Waals surface area contributed by atoms with Gasteiger partial charge in [-0.2, -0.15) is 0 Å². The molecule has 2 fully saturated rings. The van der Waals surface area contributed by atoms with E-state index in [4.69, 9.17) is 47.4 Å². The van der Waals surface area contributed by atoms with Crippen LogP contribution in [0.15, 0.2) is 0 Å². The van der Waals surface area contributed by atoms with Crippen LogP contribution in [0.1, 0.15) is 48.5 Å². The van der Waals surface area contributed by atoms with Crippen molar-refractivity contribution in [2.75, 3.05) is 13.2 Å². The first-order valence-corrected chi connectivity index (χ1v) is 13.3. The van der Waals surface area contributed by atoms with E-state index in [0.717, 1.165) is 48.5 Å². The molecule has 44 heavy (non-hydrogen) atoms. The van der Waals surface area contributed by atoms with Gasteiger partial charge in [0.2, 0.25) is 0 Å². The second kappa shape index (κ2) is 16.3. The topological polar surface area (TPSA) is 232 Å². The molecule has 0 spiro atoms. The van der Waals surface area contributed by atoms with Crippen LogP contribution in [-0.4, -0.2) is 122 Å². The summed E-state index contributed by atoms with van der Waals surface area (Å²) in [4.78, 5) is 83.0. The molecule has 18 heteroatoms. The fraction of sp³-hybridized carbons (Fsp3) is 0.731. The first kappa shape index (κ1) is 36.3. The number of hydrogen-bond donors (Lipinski definition) is 1. The zero-order valence-corrected chi connectivity index (χ0v) is 25.1. The predicted molar refractivity (Wildman–Crippen MR) is 135 cm³/mol. The molecule has 10 atom stereocenters. The maximum Gasteiger partial charge on any atom is 0.303 e. The number of hydrogen-bond acceptors (Lipinski definition) is 18. The number of esters is 7. The molecule has 0 amide bonds. The third kappa shape index (κ3) is 10.7. The number of carbonyl (C=O) groups is 7. The van der Waals surface area contributed by atoms with Crippen molar-refractivity contribution < 1.29 is 86.0 Å². The van der Waals surface area contributed by atoms with Crippen molar-refractivity contribution in [3.8, 4) is 0 Å². The molecule has 0 radical (unpaired) electrons. The number of ether oxygens (including phenoxy) is 10. The molecule has 1 N–H and O–H groups in total. The summed E-state index contributed by atoms with van der Waals surface area (Å²) in [6.45, 7) is 6.15. The van der Waals surface area contributed by atoms with Crippen LogP contribution in [0.4, 0.5) is 0 Å². The highest BCUT2D eigenvalue weighted by molar-refractivity contribution is 5.69. The van der Waals surface area contributed by atoms with Gasteiger partial charge in [-0.1, -0.05) is 0 Å². The second-order valence-electron chi connectivity index (χ2n) is 9.69. The minimum absolute atomic E-state index is 0.523. The Hall–Kier alpha value is -3.87. The Labute approximate surface area is 251 Å². The third-order valence-corrected chi connectivity index (χ3v) is 5.89. The Morgan fingerprint density at radius 1 is 0.477 bits per heavy atom. The lowest BCUT2D eigenvalue weighted by molar-refractivity contribution is -0.330. The summed E-state index contributed by atoms with van der Waals surface area (Å²) in [7, 11) is 0. The third-order valence-electron chi connectivity index (χ3n) is 5.89. The van der Waals surface area contributed by atoms with Crippen molar-refractivity contribution in [3.05, 3.63) is 0 Å². The highest BCUT2D eigenvalue weighted by Crippen LogP contribution is 2.32. The second-order valence-corrected chi connectivity index (χ2v) is 9.69. The van der Waals surface area contributed by atoms with E-state index in [1.807, 2.05) is 0 Å². The maximum atomic E-state index is 12.1. The van der Waals surface area contributed by atoms with Gasteiger partial charge in [-0.05, 0) is 0 Å². The quantitative estimate of drug-likeness (QED) is 0.203. The summed E-state index contributed by atoms with van der Waals surface area (Å²) in [5.41, 5.74) is 0. The van der Waals surface area contributed by atoms with Crippen molar-refractivity contribution in [2.45, 2.75) is 110 Å². The molecule has 2 heterocycles. The molecule has 0 unspecified atom stereocenters. The first-order chi connectivity index (χ1) is 20.5. The molecule has 2 saturated heterocycles. The lowest BCUT2D eigenvalue weighted by atomic mass is 9.97. The minimum atomic E-state index is -1.90. The van der Waals surface area contributed by atoms with Crippen LogP contribution in [0.3, 0.4) is 0 Å². The van der Waals surface area contributed by atoms with Crippen LogP contribution in [-0.2, 0) is 80.9 Å². The number of aliphatic hydroxyl groups is 1. The van der Waals surface area contributed by atoms with Gasteiger partial charge in [0.1, 0.15) is 18.8 Å². The van der Waals surface area contributed by atoms with Gasteiger partial charge >= 0.3 is 41.8 Å². The van der Waals surface area contributed by atoms with Gasteiger partial charge in [-0.15, -0.1) is 0 Å². The van der Waals surface area contributed by atoms with Gasteiger partial charge in [0, 0.05) is 48.5 Å². The maximum absolute atomic E-state index is 12.1. The molecule has 2 aliphatic rings. The molecule has 2 rings (SSSR count). The van der Waals surface area contributed by atoms with Crippen molar-refractivity contribution in [1.29, 1.82) is 0 Å². The summed E-state index contributed by atoms with van der Waals surface area (Å²) in [6, 6.07) is 0. The molecule has 0 saturated carbocycles. The van der Waals surface area contributed by atoms with E-state index in [-0.39, 0.29) is 0 Å². The van der Waals surface area contributed by atoms with E-state index in [9.17, 15) is 38.7 Å². The van der Waals surface area contributed by atoms with Crippen molar-refractivity contribution in [2.24, 2.45) is 0 Å². The fourth-order valence-electron chi connectivity index (χ4n) is 4.52. The van der Waals surface area contributed by atoms with Gasteiger partial charge in [0.15, 0.2) is 49.2 Å². The number of carbonyl (C=O) groups excluding carboxylic acids is 7. The van der Waals surface area contributed by atoms with Crippen LogP contribution >= 0.6 is 0 Å². The van der Waals surface area contributed by atoms with Gasteiger partial charge in [-0.25, -0.2) is 0 Å². The van der Waals surface area contributed by atoms with Crippen LogP contribution in [0.5, 0.6) is 0 Å². The first-order valence-electron chi connectivity index (χ1n) is 13.3. The normalized spacial score (nSPS) is 31.5. The van der Waals surface area contributed by atoms with Crippen LogP contribution in [0, 0.1) is 0 Å². The van der Waals surface area contributed by atoms with Gasteiger partial charge in [0.05, 0.1) is 6.61 Å². The van der Waals surface area contributed by atoms with Gasteiger partial charge < -0.3 is 52.5 Å². The Balaban J connectivity index is 2.48. The molecule has 0 aromatic carbocycles. The van der Waals surface area contributed by atoms with Crippen molar-refractivity contribution >= 4 is 41.8 Å². The average Bonchev–Trinajstić information content (AvgIpc) is 2.87. The summed E-state index contributed by atoms with van der Waals surface area (Å²) < 4.78 is 53.7. The van der Waals surface area contributed by atoms with E-state index in [0.29, 0.717) is 0 Å². The van der Waals surface area contributed by atoms with E-state index < -0.39 is 116 Å². The molecule has 0 aromatic rings. The Kier molecular flexibility index (Phi) is 13.4. The Morgan fingerprint density at radius 2 is 0.841 bits per heavy atom. The smallest absolute Gasteiger partial charge is 0.303 e. The summed E-state index contributed by atoms with van der Waals surface area (Å²) in [5, 5.41) is 10.6. The zero-order valence-electron chi connectivity index (χ0n) is 25.1. The molecule has 0 aliphatic carbocycles. The summed E-state index contributed by atoms with van der Waals surface area (Å²) in [5.74, 6) is -5.94. The molecule has 0 bridgehead atoms. The standard InChI is InChI=1S/C26H36O18/c1-10(27)35-8-18-20(38-12(3)29)22(40-14(5)31)24(42-16(7)33)26(44-18)36-9-17-19(37-11(2)28)21(39-13(4)30)23(25(34)43-17)41-15(6)32/h17-26,34H,8-9H2,1-7H3/t17-,18-,19-,20-,21+,22+,23-,24+,25-,26+/m1/s1. The van der Waals surface area contributed by atoms with Crippen LogP contribution in [0.2, 0.25) is 0 Å². The average molecular weight is 637 g/mol. The summed E-state index contributed by atoms with van der Waals surface area (Å²) >= 11 is 0. The summed E-state index contributed by atoms with van der Waals surface area (Å²) in [6.07, 6.45) is -15.6. The van der Waals surface area contributed by atoms with Crippen molar-refractivity contribution in [3.63, 3.8) is 0 Å². The van der Waals surface area contributed by atoms with E-state index >= 15 is 0 Å². The monoisotopic (exact) mass is 636 g/mol. The molecule has 248 valence electrons. The lowest BCUT2D eigenvalue weighted by Gasteiger charge is -2.45. The molecular weight excluding hydrogens is 600 g/mol. The number of aliphatic hydroxyl groups excluding tert-OH is 1.